The van der Waals surface area contributed by atoms with Crippen LogP contribution in [0.25, 0.3) is 0 Å². The molecule has 1 amide bonds. The molecule has 2 N–H and O–H groups in total. The first kappa shape index (κ1) is 21.3. The number of hydrogen-bond donors (Lipinski definition) is 2. The molecule has 152 valence electrons. The zero-order chi connectivity index (χ0) is 21.0. The zero-order valence-corrected chi connectivity index (χ0v) is 18.8. The quantitative estimate of drug-likeness (QED) is 0.497. The molecule has 0 aliphatic heterocycles. The summed E-state index contributed by atoms with van der Waals surface area (Å²) in [5, 5.41) is 2.80. The lowest BCUT2D eigenvalue weighted by atomic mass is 10.2. The number of nitrogens with one attached hydrogen (secondary N) is 2. The molecule has 3 rings (SSSR count). The Morgan fingerprint density at radius 3 is 2.48 bits per heavy atom. The van der Waals surface area contributed by atoms with Gasteiger partial charge in [-0.1, -0.05) is 0 Å². The number of halogens is 1. The Morgan fingerprint density at radius 1 is 1.14 bits per heavy atom. The van der Waals surface area contributed by atoms with Gasteiger partial charge < -0.3 is 10.1 Å². The third-order valence-corrected chi connectivity index (χ3v) is 7.07. The van der Waals surface area contributed by atoms with Crippen LogP contribution in [0.15, 0.2) is 62.7 Å². The van der Waals surface area contributed by atoms with E-state index < -0.39 is 10.0 Å². The summed E-state index contributed by atoms with van der Waals surface area (Å²) in [6.45, 7) is 3.73. The highest BCUT2D eigenvalue weighted by Gasteiger charge is 2.17. The summed E-state index contributed by atoms with van der Waals surface area (Å²) in [6, 6.07) is 12.8. The summed E-state index contributed by atoms with van der Waals surface area (Å²) in [5.74, 6) is 0.307. The summed E-state index contributed by atoms with van der Waals surface area (Å²) in [5.41, 5.74) is 0.704. The molecule has 0 fully saturated rings. The Bertz CT molecular complexity index is 1110. The van der Waals surface area contributed by atoms with Crippen LogP contribution in [0.4, 0.5) is 5.69 Å². The predicted octanol–water partition coefficient (Wildman–Crippen LogP) is 4.64. The molecule has 0 saturated heterocycles. The van der Waals surface area contributed by atoms with Gasteiger partial charge in [-0.05, 0) is 78.3 Å². The normalized spacial score (nSPS) is 11.3. The number of benzene rings is 1. The number of rotatable bonds is 7. The second-order valence-corrected chi connectivity index (χ2v) is 10.6. The summed E-state index contributed by atoms with van der Waals surface area (Å²) >= 11 is 4.38. The Morgan fingerprint density at radius 2 is 1.86 bits per heavy atom. The molecule has 0 bridgehead atoms. The molecule has 7 nitrogen and oxygen atoms in total. The van der Waals surface area contributed by atoms with Crippen LogP contribution in [0, 0.1) is 0 Å². The molecular formula is C19H18BrN3O4S2. The monoisotopic (exact) mass is 495 g/mol. The lowest BCUT2D eigenvalue weighted by molar-refractivity contribution is 0.0940. The van der Waals surface area contributed by atoms with Gasteiger partial charge in [0.25, 0.3) is 15.9 Å². The third kappa shape index (κ3) is 5.55. The Balaban J connectivity index is 1.74. The summed E-state index contributed by atoms with van der Waals surface area (Å²) in [4.78, 5) is 16.4. The number of thiophene rings is 1. The van der Waals surface area contributed by atoms with Gasteiger partial charge in [-0.2, -0.15) is 0 Å². The first-order valence-electron chi connectivity index (χ1n) is 8.56. The Hall–Kier alpha value is -2.43. The molecule has 0 saturated carbocycles. The molecule has 0 aliphatic carbocycles. The fourth-order valence-electron chi connectivity index (χ4n) is 2.34. The van der Waals surface area contributed by atoms with E-state index in [1.807, 2.05) is 13.8 Å². The van der Waals surface area contributed by atoms with Crippen LogP contribution in [0.1, 0.15) is 24.2 Å². The molecule has 2 heterocycles. The Labute approximate surface area is 181 Å². The van der Waals surface area contributed by atoms with Crippen molar-refractivity contribution in [2.75, 3.05) is 4.72 Å². The fraction of sp³-hybridized carbons (Fsp3) is 0.158. The van der Waals surface area contributed by atoms with E-state index in [9.17, 15) is 13.2 Å². The number of pyridine rings is 1. The molecule has 0 atom stereocenters. The van der Waals surface area contributed by atoms with Gasteiger partial charge in [0.15, 0.2) is 0 Å². The van der Waals surface area contributed by atoms with Crippen molar-refractivity contribution < 1.29 is 17.9 Å². The van der Waals surface area contributed by atoms with Crippen molar-refractivity contribution in [3.05, 3.63) is 64.1 Å². The van der Waals surface area contributed by atoms with Gasteiger partial charge >= 0.3 is 0 Å². The predicted molar refractivity (Wildman–Crippen MR) is 116 cm³/mol. The van der Waals surface area contributed by atoms with Crippen molar-refractivity contribution in [2.45, 2.75) is 24.1 Å². The molecule has 10 heteroatoms. The maximum absolute atomic E-state index is 12.4. The smallest absolute Gasteiger partial charge is 0.271 e. The number of aromatic nitrogens is 1. The lowest BCUT2D eigenvalue weighted by Gasteiger charge is -2.12. The molecule has 0 spiro atoms. The molecule has 3 aromatic rings. The number of amides is 1. The third-order valence-electron chi connectivity index (χ3n) is 3.57. The lowest BCUT2D eigenvalue weighted by Crippen LogP contribution is -2.30. The van der Waals surface area contributed by atoms with E-state index in [-0.39, 0.29) is 22.0 Å². The minimum absolute atomic E-state index is 0.0215. The van der Waals surface area contributed by atoms with Crippen molar-refractivity contribution in [2.24, 2.45) is 0 Å². The van der Waals surface area contributed by atoms with E-state index in [2.05, 4.69) is 31.0 Å². The fourth-order valence-corrected chi connectivity index (χ4v) is 5.40. The second kappa shape index (κ2) is 8.93. The summed E-state index contributed by atoms with van der Waals surface area (Å²) < 4.78 is 34.0. The maximum Gasteiger partial charge on any atom is 0.271 e. The maximum atomic E-state index is 12.4. The van der Waals surface area contributed by atoms with Crippen molar-refractivity contribution >= 4 is 48.9 Å². The first-order valence-corrected chi connectivity index (χ1v) is 11.7. The van der Waals surface area contributed by atoms with Gasteiger partial charge in [0.05, 0.1) is 3.79 Å². The number of anilines is 1. The van der Waals surface area contributed by atoms with Crippen LogP contribution < -0.4 is 14.8 Å². The van der Waals surface area contributed by atoms with Crippen LogP contribution in [0.5, 0.6) is 11.6 Å². The Kier molecular flexibility index (Phi) is 6.56. The van der Waals surface area contributed by atoms with Gasteiger partial charge in [-0.15, -0.1) is 11.3 Å². The minimum Gasteiger partial charge on any atom is -0.438 e. The minimum atomic E-state index is -3.66. The highest BCUT2D eigenvalue weighted by molar-refractivity contribution is 9.11. The van der Waals surface area contributed by atoms with E-state index in [0.717, 1.165) is 15.1 Å². The topological polar surface area (TPSA) is 97.4 Å². The molecule has 29 heavy (non-hydrogen) atoms. The van der Waals surface area contributed by atoms with Crippen molar-refractivity contribution in [1.82, 2.24) is 10.3 Å². The molecule has 0 unspecified atom stereocenters. The van der Waals surface area contributed by atoms with Gasteiger partial charge in [-0.3, -0.25) is 9.52 Å². The van der Waals surface area contributed by atoms with Gasteiger partial charge in [0, 0.05) is 17.9 Å². The van der Waals surface area contributed by atoms with E-state index >= 15 is 0 Å². The summed E-state index contributed by atoms with van der Waals surface area (Å²) in [6.07, 6.45) is 1.53. The summed E-state index contributed by atoms with van der Waals surface area (Å²) in [7, 11) is -3.66. The average molecular weight is 496 g/mol. The number of nitrogens with zero attached hydrogens (tertiary/aromatic N) is 1. The highest BCUT2D eigenvalue weighted by Crippen LogP contribution is 2.29. The highest BCUT2D eigenvalue weighted by atomic mass is 79.9. The molecule has 2 aromatic heterocycles. The van der Waals surface area contributed by atoms with Gasteiger partial charge in [0.2, 0.25) is 5.88 Å². The van der Waals surface area contributed by atoms with E-state index in [0.29, 0.717) is 17.0 Å². The van der Waals surface area contributed by atoms with Crippen molar-refractivity contribution in [3.8, 4) is 11.6 Å². The van der Waals surface area contributed by atoms with Crippen molar-refractivity contribution in [1.29, 1.82) is 0 Å². The van der Waals surface area contributed by atoms with Gasteiger partial charge in [0.1, 0.15) is 15.5 Å². The largest absolute Gasteiger partial charge is 0.438 e. The van der Waals surface area contributed by atoms with Crippen LogP contribution >= 0.6 is 27.3 Å². The standard InChI is InChI=1S/C19H18BrN3O4S2/c1-12(2)22-18(24)15-4-3-11-21-19(15)27-14-7-5-13(6-8-14)23-29(25,26)17-10-9-16(20)28-17/h3-12,23H,1-2H3,(H,22,24). The number of hydrogen-bond acceptors (Lipinski definition) is 6. The second-order valence-electron chi connectivity index (χ2n) is 6.27. The molecular weight excluding hydrogens is 478 g/mol. The molecule has 0 radical (unpaired) electrons. The zero-order valence-electron chi connectivity index (χ0n) is 15.5. The number of carbonyl (C=O) groups is 1. The van der Waals surface area contributed by atoms with E-state index in [4.69, 9.17) is 4.74 Å². The van der Waals surface area contributed by atoms with Crippen LogP contribution in [0.2, 0.25) is 0 Å². The van der Waals surface area contributed by atoms with Gasteiger partial charge in [-0.25, -0.2) is 13.4 Å². The number of ether oxygens (including phenoxy) is 1. The number of carbonyl (C=O) groups excluding carboxylic acids is 1. The van der Waals surface area contributed by atoms with E-state index in [1.165, 1.54) is 12.3 Å². The first-order chi connectivity index (χ1) is 13.7. The van der Waals surface area contributed by atoms with Crippen molar-refractivity contribution in [3.63, 3.8) is 0 Å². The average Bonchev–Trinajstić information content (AvgIpc) is 3.10. The molecule has 1 aromatic carbocycles. The van der Waals surface area contributed by atoms with Crippen LogP contribution in [0.3, 0.4) is 0 Å². The van der Waals surface area contributed by atoms with Crippen LogP contribution in [-0.4, -0.2) is 25.4 Å². The SMILES string of the molecule is CC(C)NC(=O)c1cccnc1Oc1ccc(NS(=O)(=O)c2ccc(Br)s2)cc1. The van der Waals surface area contributed by atoms with E-state index in [1.54, 1.807) is 42.5 Å². The van der Waals surface area contributed by atoms with Crippen LogP contribution in [-0.2, 0) is 10.0 Å². The number of sulfonamides is 1. The molecule has 0 aliphatic rings.